The second-order valence-electron chi connectivity index (χ2n) is 8.63. The summed E-state index contributed by atoms with van der Waals surface area (Å²) in [6.07, 6.45) is 1.78. The second kappa shape index (κ2) is 9.46. The molecule has 0 saturated carbocycles. The lowest BCUT2D eigenvalue weighted by Crippen LogP contribution is -2.49. The molecule has 176 valence electrons. The van der Waals surface area contributed by atoms with E-state index in [0.29, 0.717) is 25.3 Å². The van der Waals surface area contributed by atoms with Crippen LogP contribution in [0.25, 0.3) is 21.6 Å². The molecule has 1 aliphatic rings. The SMILES string of the molecule is CCOc1ccccc1N1CCN(C(=O)c2cc(-c3cccs3)nc3c2cnn3C(C)C)CC1. The number of fused-ring (bicyclic) bond motifs is 1. The third kappa shape index (κ3) is 4.14. The molecule has 1 aromatic carbocycles. The van der Waals surface area contributed by atoms with E-state index in [9.17, 15) is 4.79 Å². The number of para-hydroxylation sites is 2. The van der Waals surface area contributed by atoms with Crippen molar-refractivity contribution in [3.8, 4) is 16.3 Å². The zero-order valence-electron chi connectivity index (χ0n) is 19.8. The van der Waals surface area contributed by atoms with Gasteiger partial charge in [-0.2, -0.15) is 5.10 Å². The lowest BCUT2D eigenvalue weighted by Gasteiger charge is -2.36. The van der Waals surface area contributed by atoms with Crippen molar-refractivity contribution in [3.63, 3.8) is 0 Å². The van der Waals surface area contributed by atoms with E-state index in [1.807, 2.05) is 58.3 Å². The number of anilines is 1. The minimum absolute atomic E-state index is 0.0336. The Balaban J connectivity index is 1.43. The smallest absolute Gasteiger partial charge is 0.254 e. The maximum atomic E-state index is 13.7. The van der Waals surface area contributed by atoms with Crippen molar-refractivity contribution >= 4 is 34.0 Å². The molecule has 4 heterocycles. The molecule has 7 nitrogen and oxygen atoms in total. The summed E-state index contributed by atoms with van der Waals surface area (Å²) >= 11 is 1.63. The molecule has 34 heavy (non-hydrogen) atoms. The van der Waals surface area contributed by atoms with Crippen molar-refractivity contribution in [2.45, 2.75) is 26.8 Å². The molecule has 0 aliphatic carbocycles. The van der Waals surface area contributed by atoms with Crippen molar-refractivity contribution < 1.29 is 9.53 Å². The van der Waals surface area contributed by atoms with Gasteiger partial charge in [0.05, 0.1) is 40.0 Å². The summed E-state index contributed by atoms with van der Waals surface area (Å²) in [6.45, 7) is 9.59. The van der Waals surface area contributed by atoms with E-state index >= 15 is 0 Å². The van der Waals surface area contributed by atoms with Gasteiger partial charge in [0.15, 0.2) is 5.65 Å². The second-order valence-corrected chi connectivity index (χ2v) is 9.58. The van der Waals surface area contributed by atoms with E-state index in [2.05, 4.69) is 29.9 Å². The molecule has 1 amide bonds. The Bertz CT molecular complexity index is 1290. The number of pyridine rings is 1. The fourth-order valence-corrected chi connectivity index (χ4v) is 5.13. The van der Waals surface area contributed by atoms with Gasteiger partial charge in [-0.15, -0.1) is 11.3 Å². The Morgan fingerprint density at radius 1 is 1.12 bits per heavy atom. The number of carbonyl (C=O) groups excluding carboxylic acids is 1. The monoisotopic (exact) mass is 475 g/mol. The average Bonchev–Trinajstić information content (AvgIpc) is 3.54. The molecule has 0 unspecified atom stereocenters. The van der Waals surface area contributed by atoms with Gasteiger partial charge in [-0.1, -0.05) is 18.2 Å². The number of amides is 1. The predicted octanol–water partition coefficient (Wildman–Crippen LogP) is 5.10. The molecule has 1 saturated heterocycles. The van der Waals surface area contributed by atoms with Crippen LogP contribution in [0, 0.1) is 0 Å². The molecule has 8 heteroatoms. The van der Waals surface area contributed by atoms with Crippen LogP contribution in [0.5, 0.6) is 5.75 Å². The van der Waals surface area contributed by atoms with E-state index in [4.69, 9.17) is 9.72 Å². The highest BCUT2D eigenvalue weighted by Crippen LogP contribution is 2.31. The Hall–Kier alpha value is -3.39. The quantitative estimate of drug-likeness (QED) is 0.388. The summed E-state index contributed by atoms with van der Waals surface area (Å²) in [6, 6.07) is 14.2. The van der Waals surface area contributed by atoms with E-state index in [0.717, 1.165) is 46.1 Å². The van der Waals surface area contributed by atoms with Gasteiger partial charge in [0.2, 0.25) is 0 Å². The van der Waals surface area contributed by atoms with Crippen LogP contribution in [-0.4, -0.2) is 58.4 Å². The summed E-state index contributed by atoms with van der Waals surface area (Å²) < 4.78 is 7.71. The summed E-state index contributed by atoms with van der Waals surface area (Å²) in [7, 11) is 0. The van der Waals surface area contributed by atoms with Gasteiger partial charge in [-0.25, -0.2) is 9.67 Å². The Morgan fingerprint density at radius 3 is 2.62 bits per heavy atom. The maximum Gasteiger partial charge on any atom is 0.254 e. The van der Waals surface area contributed by atoms with Crippen LogP contribution in [0.15, 0.2) is 54.0 Å². The largest absolute Gasteiger partial charge is 0.492 e. The Kier molecular flexibility index (Phi) is 6.24. The molecular weight excluding hydrogens is 446 g/mol. The number of aromatic nitrogens is 3. The van der Waals surface area contributed by atoms with Crippen molar-refractivity contribution in [3.05, 3.63) is 59.6 Å². The van der Waals surface area contributed by atoms with Crippen molar-refractivity contribution in [2.75, 3.05) is 37.7 Å². The molecule has 5 rings (SSSR count). The first-order valence-electron chi connectivity index (χ1n) is 11.7. The number of carbonyl (C=O) groups is 1. The van der Waals surface area contributed by atoms with Crippen LogP contribution >= 0.6 is 11.3 Å². The number of hydrogen-bond acceptors (Lipinski definition) is 6. The van der Waals surface area contributed by atoms with E-state index < -0.39 is 0 Å². The lowest BCUT2D eigenvalue weighted by molar-refractivity contribution is 0.0748. The van der Waals surface area contributed by atoms with Gasteiger partial charge in [-0.05, 0) is 50.4 Å². The zero-order valence-corrected chi connectivity index (χ0v) is 20.6. The first-order chi connectivity index (χ1) is 16.6. The third-order valence-electron chi connectivity index (χ3n) is 6.13. The van der Waals surface area contributed by atoms with Crippen LogP contribution in [0.4, 0.5) is 5.69 Å². The van der Waals surface area contributed by atoms with Crippen LogP contribution in [0.2, 0.25) is 0 Å². The number of hydrogen-bond donors (Lipinski definition) is 0. The molecule has 3 aromatic heterocycles. The number of rotatable bonds is 6. The summed E-state index contributed by atoms with van der Waals surface area (Å²) in [5, 5.41) is 7.39. The topological polar surface area (TPSA) is 63.5 Å². The standard InChI is InChI=1S/C26H29N5O2S/c1-4-33-23-9-6-5-8-22(23)29-11-13-30(14-12-29)26(32)19-16-21(24-10-7-15-34-24)28-25-20(19)17-27-31(25)18(2)3/h5-10,15-18H,4,11-14H2,1-3H3. The van der Waals surface area contributed by atoms with Crippen LogP contribution < -0.4 is 9.64 Å². The van der Waals surface area contributed by atoms with Crippen LogP contribution in [0.3, 0.4) is 0 Å². The highest BCUT2D eigenvalue weighted by atomic mass is 32.1. The van der Waals surface area contributed by atoms with Crippen molar-refractivity contribution in [1.82, 2.24) is 19.7 Å². The molecule has 0 spiro atoms. The van der Waals surface area contributed by atoms with Gasteiger partial charge in [0.1, 0.15) is 5.75 Å². The highest BCUT2D eigenvalue weighted by Gasteiger charge is 2.27. The van der Waals surface area contributed by atoms with Gasteiger partial charge in [-0.3, -0.25) is 4.79 Å². The fraction of sp³-hybridized carbons (Fsp3) is 0.346. The van der Waals surface area contributed by atoms with Crippen LogP contribution in [-0.2, 0) is 0 Å². The summed E-state index contributed by atoms with van der Waals surface area (Å²) in [4.78, 5) is 23.9. The predicted molar refractivity (Wildman–Crippen MR) is 137 cm³/mol. The van der Waals surface area contributed by atoms with Crippen molar-refractivity contribution in [2.24, 2.45) is 0 Å². The molecule has 4 aromatic rings. The molecule has 0 atom stereocenters. The average molecular weight is 476 g/mol. The van der Waals surface area contributed by atoms with E-state index in [-0.39, 0.29) is 11.9 Å². The summed E-state index contributed by atoms with van der Waals surface area (Å²) in [5.74, 6) is 0.925. The first-order valence-corrected chi connectivity index (χ1v) is 12.6. The first kappa shape index (κ1) is 22.4. The molecule has 0 bridgehead atoms. The van der Waals surface area contributed by atoms with Gasteiger partial charge in [0, 0.05) is 32.2 Å². The van der Waals surface area contributed by atoms with Gasteiger partial charge < -0.3 is 14.5 Å². The van der Waals surface area contributed by atoms with Gasteiger partial charge in [0.25, 0.3) is 5.91 Å². The number of thiophene rings is 1. The molecule has 0 radical (unpaired) electrons. The molecular formula is C26H29N5O2S. The normalized spacial score (nSPS) is 14.2. The van der Waals surface area contributed by atoms with Gasteiger partial charge >= 0.3 is 0 Å². The zero-order chi connectivity index (χ0) is 23.7. The minimum Gasteiger partial charge on any atom is -0.492 e. The number of piperazine rings is 1. The van der Waals surface area contributed by atoms with Crippen molar-refractivity contribution in [1.29, 1.82) is 0 Å². The number of ether oxygens (including phenoxy) is 1. The van der Waals surface area contributed by atoms with Crippen LogP contribution in [0.1, 0.15) is 37.2 Å². The molecule has 0 N–H and O–H groups in total. The Labute approximate surface area is 203 Å². The van der Waals surface area contributed by atoms with E-state index in [1.54, 1.807) is 17.5 Å². The maximum absolute atomic E-state index is 13.7. The lowest BCUT2D eigenvalue weighted by atomic mass is 10.1. The molecule has 1 aliphatic heterocycles. The Morgan fingerprint density at radius 2 is 1.91 bits per heavy atom. The number of nitrogens with zero attached hydrogens (tertiary/aromatic N) is 5. The summed E-state index contributed by atoms with van der Waals surface area (Å²) in [5.41, 5.74) is 3.33. The van der Waals surface area contributed by atoms with E-state index in [1.165, 1.54) is 0 Å². The third-order valence-corrected chi connectivity index (χ3v) is 7.02. The number of benzene rings is 1. The molecule has 1 fully saturated rings. The fourth-order valence-electron chi connectivity index (χ4n) is 4.44. The highest BCUT2D eigenvalue weighted by molar-refractivity contribution is 7.13. The minimum atomic E-state index is 0.0336.